The molecule has 0 aromatic carbocycles. The van der Waals surface area contributed by atoms with E-state index in [2.05, 4.69) is 21.2 Å². The maximum Gasteiger partial charge on any atom is 0.287 e. The molecule has 3 nitrogen and oxygen atoms in total. The van der Waals surface area contributed by atoms with Gasteiger partial charge in [-0.05, 0) is 38.7 Å². The van der Waals surface area contributed by atoms with E-state index >= 15 is 0 Å². The van der Waals surface area contributed by atoms with Gasteiger partial charge in [-0.15, -0.1) is 0 Å². The number of carbonyl (C=O) groups excluding carboxylic acids is 1. The maximum absolute atomic E-state index is 11.9. The van der Waals surface area contributed by atoms with Crippen molar-refractivity contribution in [2.24, 2.45) is 0 Å². The van der Waals surface area contributed by atoms with Crippen molar-refractivity contribution in [2.75, 3.05) is 0 Å². The van der Waals surface area contributed by atoms with Crippen molar-refractivity contribution >= 4 is 21.8 Å². The fourth-order valence-corrected chi connectivity index (χ4v) is 2.58. The van der Waals surface area contributed by atoms with Crippen molar-refractivity contribution in [2.45, 2.75) is 43.5 Å². The number of rotatable bonds is 2. The van der Waals surface area contributed by atoms with E-state index in [1.807, 2.05) is 13.0 Å². The predicted octanol–water partition coefficient (Wildman–Crippen LogP) is 3.02. The third-order valence-corrected chi connectivity index (χ3v) is 3.98. The fraction of sp³-hybridized carbons (Fsp3) is 0.583. The minimum Gasteiger partial charge on any atom is -0.459 e. The first-order chi connectivity index (χ1) is 7.66. The van der Waals surface area contributed by atoms with Crippen molar-refractivity contribution in [1.82, 2.24) is 5.32 Å². The summed E-state index contributed by atoms with van der Waals surface area (Å²) in [6.07, 6.45) is 5.90. The molecule has 0 bridgehead atoms. The lowest BCUT2D eigenvalue weighted by Gasteiger charge is -2.25. The van der Waals surface area contributed by atoms with Gasteiger partial charge in [0.1, 0.15) is 0 Å². The molecule has 1 aromatic rings. The van der Waals surface area contributed by atoms with Crippen molar-refractivity contribution in [3.8, 4) is 0 Å². The maximum atomic E-state index is 11.9. The summed E-state index contributed by atoms with van der Waals surface area (Å²) >= 11 is 3.60. The molecule has 1 saturated carbocycles. The van der Waals surface area contributed by atoms with Gasteiger partial charge in [0.05, 0.1) is 6.26 Å². The van der Waals surface area contributed by atoms with Gasteiger partial charge in [0.15, 0.2) is 5.76 Å². The van der Waals surface area contributed by atoms with Crippen molar-refractivity contribution in [1.29, 1.82) is 0 Å². The van der Waals surface area contributed by atoms with Crippen LogP contribution < -0.4 is 5.32 Å². The summed E-state index contributed by atoms with van der Waals surface area (Å²) in [5.41, 5.74) is 0.895. The van der Waals surface area contributed by atoms with Gasteiger partial charge in [0, 0.05) is 16.4 Å². The summed E-state index contributed by atoms with van der Waals surface area (Å²) in [5.74, 6) is 0.362. The second-order valence-electron chi connectivity index (χ2n) is 4.36. The van der Waals surface area contributed by atoms with Crippen LogP contribution in [-0.2, 0) is 0 Å². The molecule has 1 aliphatic rings. The van der Waals surface area contributed by atoms with E-state index < -0.39 is 0 Å². The number of hydrogen-bond acceptors (Lipinski definition) is 2. The number of furan rings is 1. The Morgan fingerprint density at radius 2 is 2.12 bits per heavy atom. The molecule has 1 N–H and O–H groups in total. The highest BCUT2D eigenvalue weighted by atomic mass is 79.9. The van der Waals surface area contributed by atoms with Gasteiger partial charge in [-0.2, -0.15) is 0 Å². The van der Waals surface area contributed by atoms with Crippen LogP contribution >= 0.6 is 15.9 Å². The Bertz CT molecular complexity index is 367. The molecule has 4 heteroatoms. The molecule has 2 rings (SSSR count). The summed E-state index contributed by atoms with van der Waals surface area (Å²) < 4.78 is 5.17. The molecule has 0 radical (unpaired) electrons. The van der Waals surface area contributed by atoms with Gasteiger partial charge in [-0.1, -0.05) is 15.9 Å². The molecule has 1 aliphatic carbocycles. The zero-order valence-corrected chi connectivity index (χ0v) is 10.9. The lowest BCUT2D eigenvalue weighted by Crippen LogP contribution is -2.37. The molecule has 0 spiro atoms. The smallest absolute Gasteiger partial charge is 0.287 e. The molecular weight excluding hydrogens is 270 g/mol. The van der Waals surface area contributed by atoms with Gasteiger partial charge in [-0.25, -0.2) is 0 Å². The van der Waals surface area contributed by atoms with E-state index in [0.717, 1.165) is 31.2 Å². The van der Waals surface area contributed by atoms with E-state index in [1.165, 1.54) is 0 Å². The summed E-state index contributed by atoms with van der Waals surface area (Å²) in [6.45, 7) is 1.88. The lowest BCUT2D eigenvalue weighted by atomic mass is 9.95. The number of amides is 1. The summed E-state index contributed by atoms with van der Waals surface area (Å²) in [7, 11) is 0. The number of hydrogen-bond donors (Lipinski definition) is 1. The average Bonchev–Trinajstić information content (AvgIpc) is 2.68. The molecule has 88 valence electrons. The van der Waals surface area contributed by atoms with E-state index in [0.29, 0.717) is 16.6 Å². The first-order valence-corrected chi connectivity index (χ1v) is 6.57. The third kappa shape index (κ3) is 2.67. The van der Waals surface area contributed by atoms with Crippen LogP contribution in [0.15, 0.2) is 16.7 Å². The zero-order valence-electron chi connectivity index (χ0n) is 9.33. The Labute approximate surface area is 104 Å². The molecule has 1 aromatic heterocycles. The molecule has 0 atom stereocenters. The molecule has 1 amide bonds. The second-order valence-corrected chi connectivity index (χ2v) is 5.65. The number of nitrogens with one attached hydrogen (secondary N) is 1. The first-order valence-electron chi connectivity index (χ1n) is 5.66. The molecule has 0 saturated heterocycles. The Kier molecular flexibility index (Phi) is 3.69. The summed E-state index contributed by atoms with van der Waals surface area (Å²) in [5, 5.41) is 3.03. The van der Waals surface area contributed by atoms with E-state index in [1.54, 1.807) is 6.26 Å². The van der Waals surface area contributed by atoms with Crippen LogP contribution in [0.1, 0.15) is 41.8 Å². The topological polar surface area (TPSA) is 42.2 Å². The lowest BCUT2D eigenvalue weighted by molar-refractivity contribution is 0.0899. The molecule has 0 unspecified atom stereocenters. The molecular formula is C12H16BrNO2. The Hall–Kier alpha value is -0.770. The molecule has 16 heavy (non-hydrogen) atoms. The minimum absolute atomic E-state index is 0.0828. The highest BCUT2D eigenvalue weighted by Crippen LogP contribution is 2.24. The van der Waals surface area contributed by atoms with E-state index in [-0.39, 0.29) is 5.91 Å². The van der Waals surface area contributed by atoms with Crippen LogP contribution in [0.4, 0.5) is 0 Å². The fourth-order valence-electron chi connectivity index (χ4n) is 2.05. The van der Waals surface area contributed by atoms with Crippen molar-refractivity contribution < 1.29 is 9.21 Å². The van der Waals surface area contributed by atoms with Gasteiger partial charge >= 0.3 is 0 Å². The molecule has 0 aliphatic heterocycles. The van der Waals surface area contributed by atoms with E-state index in [4.69, 9.17) is 4.42 Å². The highest BCUT2D eigenvalue weighted by molar-refractivity contribution is 9.09. The summed E-state index contributed by atoms with van der Waals surface area (Å²) in [4.78, 5) is 12.5. The minimum atomic E-state index is -0.0828. The predicted molar refractivity (Wildman–Crippen MR) is 65.9 cm³/mol. The summed E-state index contributed by atoms with van der Waals surface area (Å²) in [6, 6.07) is 2.11. The number of carbonyl (C=O) groups is 1. The highest BCUT2D eigenvalue weighted by Gasteiger charge is 2.22. The SMILES string of the molecule is Cc1ccoc1C(=O)NC1CCC(Br)CC1. The standard InChI is InChI=1S/C12H16BrNO2/c1-8-6-7-16-11(8)12(15)14-10-4-2-9(13)3-5-10/h6-7,9-10H,2-5H2,1H3,(H,14,15). The van der Waals surface area contributed by atoms with Crippen LogP contribution in [-0.4, -0.2) is 16.8 Å². The monoisotopic (exact) mass is 285 g/mol. The Balaban J connectivity index is 1.91. The number of alkyl halides is 1. The van der Waals surface area contributed by atoms with Crippen molar-refractivity contribution in [3.63, 3.8) is 0 Å². The molecule has 1 heterocycles. The second kappa shape index (κ2) is 5.04. The quantitative estimate of drug-likeness (QED) is 0.849. The van der Waals surface area contributed by atoms with Crippen LogP contribution in [0.2, 0.25) is 0 Å². The van der Waals surface area contributed by atoms with Gasteiger partial charge in [0.2, 0.25) is 0 Å². The van der Waals surface area contributed by atoms with Crippen molar-refractivity contribution in [3.05, 3.63) is 23.7 Å². The average molecular weight is 286 g/mol. The van der Waals surface area contributed by atoms with Gasteiger partial charge < -0.3 is 9.73 Å². The van der Waals surface area contributed by atoms with Gasteiger partial charge in [0.25, 0.3) is 5.91 Å². The van der Waals surface area contributed by atoms with Crippen LogP contribution in [0.3, 0.4) is 0 Å². The first kappa shape index (κ1) is 11.7. The zero-order chi connectivity index (χ0) is 11.5. The Morgan fingerprint density at radius 3 is 2.69 bits per heavy atom. The Morgan fingerprint density at radius 1 is 1.44 bits per heavy atom. The normalized spacial score (nSPS) is 25.4. The van der Waals surface area contributed by atoms with Gasteiger partial charge in [-0.3, -0.25) is 4.79 Å². The number of aryl methyl sites for hydroxylation is 1. The van der Waals surface area contributed by atoms with Crippen LogP contribution in [0.5, 0.6) is 0 Å². The van der Waals surface area contributed by atoms with E-state index in [9.17, 15) is 4.79 Å². The number of halogens is 1. The van der Waals surface area contributed by atoms with Crippen LogP contribution in [0.25, 0.3) is 0 Å². The largest absolute Gasteiger partial charge is 0.459 e. The third-order valence-electron chi connectivity index (χ3n) is 3.06. The molecule has 1 fully saturated rings. The van der Waals surface area contributed by atoms with Crippen LogP contribution in [0, 0.1) is 6.92 Å².